The van der Waals surface area contributed by atoms with Gasteiger partial charge in [-0.2, -0.15) is 0 Å². The van der Waals surface area contributed by atoms with E-state index < -0.39 is 6.10 Å². The van der Waals surface area contributed by atoms with Crippen molar-refractivity contribution in [3.05, 3.63) is 46.2 Å². The monoisotopic (exact) mass is 406 g/mol. The Morgan fingerprint density at radius 2 is 2.04 bits per heavy atom. The first-order valence-electron chi connectivity index (χ1n) is 9.63. The highest BCUT2D eigenvalue weighted by atomic mass is 32.1. The van der Waals surface area contributed by atoms with Crippen molar-refractivity contribution in [2.24, 2.45) is 0 Å². The minimum Gasteiger partial charge on any atom is -0.493 e. The van der Waals surface area contributed by atoms with Gasteiger partial charge in [0.05, 0.1) is 20.3 Å². The molecule has 1 unspecified atom stereocenters. The summed E-state index contributed by atoms with van der Waals surface area (Å²) >= 11 is 1.76. The Morgan fingerprint density at radius 1 is 1.21 bits per heavy atom. The summed E-state index contributed by atoms with van der Waals surface area (Å²) in [7, 11) is 3.74. The molecule has 3 rings (SSSR count). The minimum absolute atomic E-state index is 0.235. The van der Waals surface area contributed by atoms with Crippen LogP contribution in [0.25, 0.3) is 0 Å². The molecule has 28 heavy (non-hydrogen) atoms. The van der Waals surface area contributed by atoms with Crippen LogP contribution in [0.2, 0.25) is 0 Å². The van der Waals surface area contributed by atoms with E-state index in [2.05, 4.69) is 40.4 Å². The average Bonchev–Trinajstić information content (AvgIpc) is 3.20. The van der Waals surface area contributed by atoms with Gasteiger partial charge in [0.15, 0.2) is 11.5 Å². The van der Waals surface area contributed by atoms with Crippen LogP contribution in [-0.2, 0) is 17.8 Å². The molecule has 1 aliphatic rings. The number of para-hydroxylation sites is 1. The van der Waals surface area contributed by atoms with E-state index in [0.29, 0.717) is 18.0 Å². The lowest BCUT2D eigenvalue weighted by Crippen LogP contribution is -2.42. The van der Waals surface area contributed by atoms with Gasteiger partial charge in [-0.05, 0) is 24.6 Å². The summed E-state index contributed by atoms with van der Waals surface area (Å²) in [4.78, 5) is 5.78. The van der Waals surface area contributed by atoms with Gasteiger partial charge in [-0.25, -0.2) is 0 Å². The Bertz CT molecular complexity index is 704. The number of hydrogen-bond donors (Lipinski definition) is 1. The van der Waals surface area contributed by atoms with Crippen molar-refractivity contribution in [2.75, 3.05) is 53.6 Å². The maximum atomic E-state index is 10.4. The van der Waals surface area contributed by atoms with Gasteiger partial charge in [0, 0.05) is 43.2 Å². The zero-order chi connectivity index (χ0) is 19.8. The van der Waals surface area contributed by atoms with Gasteiger partial charge in [-0.15, -0.1) is 11.3 Å². The fourth-order valence-electron chi connectivity index (χ4n) is 3.34. The summed E-state index contributed by atoms with van der Waals surface area (Å²) in [5.41, 5.74) is 1.05. The molecule has 1 aliphatic heterocycles. The molecule has 0 radical (unpaired) electrons. The van der Waals surface area contributed by atoms with Crippen LogP contribution in [0.1, 0.15) is 10.4 Å². The number of methoxy groups -OCH3 is 1. The van der Waals surface area contributed by atoms with Crippen LogP contribution in [0.4, 0.5) is 0 Å². The van der Waals surface area contributed by atoms with Crippen LogP contribution in [0.3, 0.4) is 0 Å². The third-order valence-electron chi connectivity index (χ3n) is 4.72. The second-order valence-electron chi connectivity index (χ2n) is 7.08. The van der Waals surface area contributed by atoms with Crippen LogP contribution in [-0.4, -0.2) is 74.6 Å². The van der Waals surface area contributed by atoms with E-state index in [9.17, 15) is 5.11 Å². The predicted molar refractivity (Wildman–Crippen MR) is 111 cm³/mol. The van der Waals surface area contributed by atoms with Crippen LogP contribution in [0.5, 0.6) is 11.5 Å². The first kappa shape index (κ1) is 21.1. The molecule has 0 bridgehead atoms. The number of β-amino-alcohol motifs (C(OH)–C–C–N with tert-alkyl or cyclic N) is 1. The smallest absolute Gasteiger partial charge is 0.165 e. The van der Waals surface area contributed by atoms with E-state index in [-0.39, 0.29) is 6.61 Å². The number of aliphatic hydroxyl groups is 1. The van der Waals surface area contributed by atoms with E-state index in [1.54, 1.807) is 18.4 Å². The Balaban J connectivity index is 1.60. The normalized spacial score (nSPS) is 16.3. The number of nitrogens with zero attached hydrogens (tertiary/aromatic N) is 2. The maximum absolute atomic E-state index is 10.4. The van der Waals surface area contributed by atoms with Gasteiger partial charge in [-0.1, -0.05) is 18.2 Å². The summed E-state index contributed by atoms with van der Waals surface area (Å²) in [6.07, 6.45) is -0.556. The van der Waals surface area contributed by atoms with E-state index in [4.69, 9.17) is 14.2 Å². The molecule has 1 fully saturated rings. The first-order valence-corrected chi connectivity index (χ1v) is 10.5. The van der Waals surface area contributed by atoms with Crippen LogP contribution >= 0.6 is 11.3 Å². The highest BCUT2D eigenvalue weighted by Crippen LogP contribution is 2.32. The lowest BCUT2D eigenvalue weighted by molar-refractivity contribution is 0.00431. The molecule has 6 nitrogen and oxygen atoms in total. The molecule has 0 spiro atoms. The Labute approximate surface area is 171 Å². The van der Waals surface area contributed by atoms with Crippen LogP contribution < -0.4 is 9.47 Å². The molecule has 0 aliphatic carbocycles. The van der Waals surface area contributed by atoms with Crippen molar-refractivity contribution < 1.29 is 19.3 Å². The number of thiophene rings is 1. The first-order chi connectivity index (χ1) is 13.7. The van der Waals surface area contributed by atoms with Crippen molar-refractivity contribution in [2.45, 2.75) is 19.2 Å². The third kappa shape index (κ3) is 6.18. The summed E-state index contributed by atoms with van der Waals surface area (Å²) in [6.45, 7) is 5.60. The second kappa shape index (κ2) is 10.8. The molecule has 1 aromatic carbocycles. The lowest BCUT2D eigenvalue weighted by Gasteiger charge is -2.28. The van der Waals surface area contributed by atoms with E-state index >= 15 is 0 Å². The number of morpholine rings is 1. The second-order valence-corrected chi connectivity index (χ2v) is 8.11. The quantitative estimate of drug-likeness (QED) is 0.654. The number of rotatable bonds is 10. The van der Waals surface area contributed by atoms with Crippen molar-refractivity contribution in [3.8, 4) is 11.5 Å². The zero-order valence-corrected chi connectivity index (χ0v) is 17.5. The molecule has 154 valence electrons. The lowest BCUT2D eigenvalue weighted by atomic mass is 10.1. The van der Waals surface area contributed by atoms with Crippen molar-refractivity contribution in [3.63, 3.8) is 0 Å². The number of aliphatic hydroxyl groups excluding tert-OH is 1. The fraction of sp³-hybridized carbons (Fsp3) is 0.524. The highest BCUT2D eigenvalue weighted by Gasteiger charge is 2.18. The maximum Gasteiger partial charge on any atom is 0.165 e. The number of benzene rings is 1. The Hall–Kier alpha value is -1.64. The zero-order valence-electron chi connectivity index (χ0n) is 16.7. The molecular weight excluding hydrogens is 376 g/mol. The average molecular weight is 407 g/mol. The molecule has 2 aromatic rings. The Kier molecular flexibility index (Phi) is 8.12. The molecule has 0 amide bonds. The van der Waals surface area contributed by atoms with Gasteiger partial charge in [-0.3, -0.25) is 9.80 Å². The highest BCUT2D eigenvalue weighted by molar-refractivity contribution is 7.09. The van der Waals surface area contributed by atoms with E-state index in [1.807, 2.05) is 12.1 Å². The van der Waals surface area contributed by atoms with Gasteiger partial charge in [0.2, 0.25) is 0 Å². The fourth-order valence-corrected chi connectivity index (χ4v) is 4.12. The van der Waals surface area contributed by atoms with Gasteiger partial charge in [0.1, 0.15) is 12.7 Å². The number of ether oxygens (including phenoxy) is 3. The van der Waals surface area contributed by atoms with E-state index in [1.165, 1.54) is 4.88 Å². The summed E-state index contributed by atoms with van der Waals surface area (Å²) < 4.78 is 16.9. The summed E-state index contributed by atoms with van der Waals surface area (Å²) in [6, 6.07) is 10.1. The van der Waals surface area contributed by atoms with Crippen LogP contribution in [0, 0.1) is 0 Å². The standard InChI is InChI=1S/C21H30N2O4S/c1-22(15-19-6-4-12-28-19)13-17-5-3-7-20(25-2)21(17)27-16-18(24)14-23-8-10-26-11-9-23/h3-7,12,18,24H,8-11,13-16H2,1-2H3. The van der Waals surface area contributed by atoms with Crippen molar-refractivity contribution >= 4 is 11.3 Å². The molecule has 1 N–H and O–H groups in total. The van der Waals surface area contributed by atoms with Crippen molar-refractivity contribution in [1.82, 2.24) is 9.80 Å². The molecular formula is C21H30N2O4S. The van der Waals surface area contributed by atoms with E-state index in [0.717, 1.165) is 45.0 Å². The van der Waals surface area contributed by atoms with Gasteiger partial charge in [0.25, 0.3) is 0 Å². The van der Waals surface area contributed by atoms with Crippen molar-refractivity contribution in [1.29, 1.82) is 0 Å². The molecule has 2 heterocycles. The topological polar surface area (TPSA) is 54.4 Å². The molecule has 0 saturated carbocycles. The third-order valence-corrected chi connectivity index (χ3v) is 5.58. The largest absolute Gasteiger partial charge is 0.493 e. The van der Waals surface area contributed by atoms with Gasteiger partial charge < -0.3 is 19.3 Å². The predicted octanol–water partition coefficient (Wildman–Crippen LogP) is 2.46. The number of hydrogen-bond acceptors (Lipinski definition) is 7. The van der Waals surface area contributed by atoms with Crippen LogP contribution in [0.15, 0.2) is 35.7 Å². The summed E-state index contributed by atoms with van der Waals surface area (Å²) in [5, 5.41) is 12.5. The molecule has 7 heteroatoms. The molecule has 1 saturated heterocycles. The molecule has 1 atom stereocenters. The van der Waals surface area contributed by atoms with Gasteiger partial charge >= 0.3 is 0 Å². The minimum atomic E-state index is -0.556. The summed E-state index contributed by atoms with van der Waals surface area (Å²) in [5.74, 6) is 1.41. The SMILES string of the molecule is COc1cccc(CN(C)Cc2cccs2)c1OCC(O)CN1CCOCC1. The molecule has 1 aromatic heterocycles. The Morgan fingerprint density at radius 3 is 2.75 bits per heavy atom.